The van der Waals surface area contributed by atoms with Gasteiger partial charge in [0.15, 0.2) is 5.78 Å². The molecule has 2 rings (SSSR count). The number of benzene rings is 2. The van der Waals surface area contributed by atoms with E-state index in [9.17, 15) is 9.59 Å². The maximum atomic E-state index is 12.3. The van der Waals surface area contributed by atoms with Crippen LogP contribution in [-0.4, -0.2) is 18.8 Å². The normalized spacial score (nSPS) is 10.1. The molecule has 0 unspecified atom stereocenters. The van der Waals surface area contributed by atoms with Crippen LogP contribution in [0.3, 0.4) is 0 Å². The molecule has 1 N–H and O–H groups in total. The number of carbonyl (C=O) groups is 2. The predicted octanol–water partition coefficient (Wildman–Crippen LogP) is 3.71. The van der Waals surface area contributed by atoms with Crippen LogP contribution in [0.15, 0.2) is 42.5 Å². The lowest BCUT2D eigenvalue weighted by Gasteiger charge is -2.10. The first-order valence-corrected chi connectivity index (χ1v) is 7.14. The van der Waals surface area contributed by atoms with Crippen LogP contribution in [0, 0.1) is 0 Å². The number of ketones is 1. The second-order valence-electron chi connectivity index (χ2n) is 4.97. The van der Waals surface area contributed by atoms with Crippen LogP contribution in [0.4, 0.5) is 5.69 Å². The Labute approximate surface area is 130 Å². The van der Waals surface area contributed by atoms with E-state index in [1.54, 1.807) is 43.5 Å². The molecule has 2 aromatic rings. The van der Waals surface area contributed by atoms with E-state index in [-0.39, 0.29) is 11.7 Å². The van der Waals surface area contributed by atoms with Crippen LogP contribution >= 0.6 is 0 Å². The van der Waals surface area contributed by atoms with Gasteiger partial charge in [-0.25, -0.2) is 0 Å². The quantitative estimate of drug-likeness (QED) is 0.856. The topological polar surface area (TPSA) is 55.4 Å². The van der Waals surface area contributed by atoms with Gasteiger partial charge in [0.1, 0.15) is 5.75 Å². The van der Waals surface area contributed by atoms with Gasteiger partial charge < -0.3 is 10.1 Å². The minimum absolute atomic E-state index is 0.0335. The van der Waals surface area contributed by atoms with E-state index < -0.39 is 0 Å². The minimum atomic E-state index is -0.210. The van der Waals surface area contributed by atoms with Gasteiger partial charge in [-0.1, -0.05) is 19.1 Å². The van der Waals surface area contributed by atoms with Crippen LogP contribution in [0.5, 0.6) is 5.75 Å². The Morgan fingerprint density at radius 3 is 2.50 bits per heavy atom. The molecule has 0 radical (unpaired) electrons. The van der Waals surface area contributed by atoms with E-state index in [0.29, 0.717) is 16.8 Å². The van der Waals surface area contributed by atoms with Crippen molar-refractivity contribution in [1.82, 2.24) is 0 Å². The lowest BCUT2D eigenvalue weighted by molar-refractivity contribution is 0.101. The van der Waals surface area contributed by atoms with Gasteiger partial charge in [-0.3, -0.25) is 9.59 Å². The SMILES string of the molecule is CCc1cc(C(=O)Nc2cccc(C(C)=O)c2)ccc1OC. The smallest absolute Gasteiger partial charge is 0.255 e. The number of amides is 1. The molecule has 0 aliphatic carbocycles. The van der Waals surface area contributed by atoms with E-state index in [1.165, 1.54) is 6.92 Å². The highest BCUT2D eigenvalue weighted by Gasteiger charge is 2.10. The van der Waals surface area contributed by atoms with Gasteiger partial charge >= 0.3 is 0 Å². The summed E-state index contributed by atoms with van der Waals surface area (Å²) in [7, 11) is 1.61. The zero-order chi connectivity index (χ0) is 16.1. The van der Waals surface area contributed by atoms with Gasteiger partial charge in [-0.05, 0) is 49.2 Å². The summed E-state index contributed by atoms with van der Waals surface area (Å²) in [5, 5.41) is 2.81. The fourth-order valence-electron chi connectivity index (χ4n) is 2.22. The molecule has 0 saturated heterocycles. The summed E-state index contributed by atoms with van der Waals surface area (Å²) < 4.78 is 5.26. The third-order valence-electron chi connectivity index (χ3n) is 3.45. The fourth-order valence-corrected chi connectivity index (χ4v) is 2.22. The van der Waals surface area contributed by atoms with E-state index in [1.807, 2.05) is 13.0 Å². The molecule has 2 aromatic carbocycles. The number of hydrogen-bond acceptors (Lipinski definition) is 3. The Kier molecular flexibility index (Phi) is 4.94. The van der Waals surface area contributed by atoms with Crippen LogP contribution in [0.25, 0.3) is 0 Å². The average molecular weight is 297 g/mol. The van der Waals surface area contributed by atoms with Gasteiger partial charge in [0, 0.05) is 16.8 Å². The molecule has 0 saturated carbocycles. The van der Waals surface area contributed by atoms with Crippen LogP contribution < -0.4 is 10.1 Å². The number of hydrogen-bond donors (Lipinski definition) is 1. The van der Waals surface area contributed by atoms with Crippen LogP contribution in [0.1, 0.15) is 40.1 Å². The number of nitrogens with one attached hydrogen (secondary N) is 1. The van der Waals surface area contributed by atoms with Crippen molar-refractivity contribution in [3.05, 3.63) is 59.2 Å². The zero-order valence-electron chi connectivity index (χ0n) is 13.0. The van der Waals surface area contributed by atoms with E-state index in [2.05, 4.69) is 5.32 Å². The monoisotopic (exact) mass is 297 g/mol. The molecule has 4 heteroatoms. The van der Waals surface area contributed by atoms with Gasteiger partial charge in [0.05, 0.1) is 7.11 Å². The first-order valence-electron chi connectivity index (χ1n) is 7.14. The molecule has 0 atom stereocenters. The standard InChI is InChI=1S/C18H19NO3/c1-4-13-10-15(8-9-17(13)22-3)18(21)19-16-7-5-6-14(11-16)12(2)20/h5-11H,4H2,1-3H3,(H,19,21). The second-order valence-corrected chi connectivity index (χ2v) is 4.97. The number of methoxy groups -OCH3 is 1. The molecule has 4 nitrogen and oxygen atoms in total. The number of carbonyl (C=O) groups excluding carboxylic acids is 2. The van der Waals surface area contributed by atoms with Gasteiger partial charge in [-0.2, -0.15) is 0 Å². The number of rotatable bonds is 5. The molecular formula is C18H19NO3. The lowest BCUT2D eigenvalue weighted by atomic mass is 10.1. The highest BCUT2D eigenvalue weighted by Crippen LogP contribution is 2.21. The van der Waals surface area contributed by atoms with Gasteiger partial charge in [0.2, 0.25) is 0 Å². The maximum Gasteiger partial charge on any atom is 0.255 e. The van der Waals surface area contributed by atoms with E-state index in [0.717, 1.165) is 17.7 Å². The molecule has 22 heavy (non-hydrogen) atoms. The molecular weight excluding hydrogens is 278 g/mol. The lowest BCUT2D eigenvalue weighted by Crippen LogP contribution is -2.12. The minimum Gasteiger partial charge on any atom is -0.496 e. The van der Waals surface area contributed by atoms with Crippen molar-refractivity contribution in [2.75, 3.05) is 12.4 Å². The molecule has 0 aliphatic heterocycles. The van der Waals surface area contributed by atoms with Crippen LogP contribution in [-0.2, 0) is 6.42 Å². The summed E-state index contributed by atoms with van der Waals surface area (Å²) in [4.78, 5) is 23.7. The Bertz CT molecular complexity index is 707. The Morgan fingerprint density at radius 1 is 1.09 bits per heavy atom. The zero-order valence-corrected chi connectivity index (χ0v) is 13.0. The van der Waals surface area contributed by atoms with Crippen molar-refractivity contribution in [3.63, 3.8) is 0 Å². The van der Waals surface area contributed by atoms with Crippen molar-refractivity contribution in [2.24, 2.45) is 0 Å². The summed E-state index contributed by atoms with van der Waals surface area (Å²) in [6.07, 6.45) is 0.782. The summed E-state index contributed by atoms with van der Waals surface area (Å²) in [6, 6.07) is 12.2. The number of ether oxygens (including phenoxy) is 1. The maximum absolute atomic E-state index is 12.3. The van der Waals surface area contributed by atoms with E-state index in [4.69, 9.17) is 4.74 Å². The summed E-state index contributed by atoms with van der Waals surface area (Å²) >= 11 is 0. The molecule has 0 bridgehead atoms. The molecule has 0 heterocycles. The fraction of sp³-hybridized carbons (Fsp3) is 0.222. The van der Waals surface area contributed by atoms with Crippen molar-refractivity contribution in [2.45, 2.75) is 20.3 Å². The number of aryl methyl sites for hydroxylation is 1. The highest BCUT2D eigenvalue weighted by molar-refractivity contribution is 6.05. The van der Waals surface area contributed by atoms with Gasteiger partial charge in [-0.15, -0.1) is 0 Å². The van der Waals surface area contributed by atoms with Crippen molar-refractivity contribution >= 4 is 17.4 Å². The average Bonchev–Trinajstić information content (AvgIpc) is 2.54. The molecule has 114 valence electrons. The third kappa shape index (κ3) is 3.52. The van der Waals surface area contributed by atoms with Crippen molar-refractivity contribution in [3.8, 4) is 5.75 Å². The summed E-state index contributed by atoms with van der Waals surface area (Å²) in [5.74, 6) is 0.532. The predicted molar refractivity (Wildman–Crippen MR) is 86.8 cm³/mol. The van der Waals surface area contributed by atoms with E-state index >= 15 is 0 Å². The third-order valence-corrected chi connectivity index (χ3v) is 3.45. The van der Waals surface area contributed by atoms with Gasteiger partial charge in [0.25, 0.3) is 5.91 Å². The van der Waals surface area contributed by atoms with Crippen molar-refractivity contribution in [1.29, 1.82) is 0 Å². The molecule has 0 spiro atoms. The molecule has 1 amide bonds. The number of Topliss-reactive ketones (excluding diaryl/α,β-unsaturated/α-hetero) is 1. The summed E-state index contributed by atoms with van der Waals surface area (Å²) in [6.45, 7) is 3.51. The Hall–Kier alpha value is -2.62. The number of anilines is 1. The first-order chi connectivity index (χ1) is 10.5. The Morgan fingerprint density at radius 2 is 1.86 bits per heavy atom. The highest BCUT2D eigenvalue weighted by atomic mass is 16.5. The largest absolute Gasteiger partial charge is 0.496 e. The summed E-state index contributed by atoms with van der Waals surface area (Å²) in [5.41, 5.74) is 2.71. The van der Waals surface area contributed by atoms with Crippen LogP contribution in [0.2, 0.25) is 0 Å². The van der Waals surface area contributed by atoms with Crippen molar-refractivity contribution < 1.29 is 14.3 Å². The first kappa shape index (κ1) is 15.8. The molecule has 0 aliphatic rings. The second kappa shape index (κ2) is 6.89. The molecule has 0 aromatic heterocycles. The molecule has 0 fully saturated rings. The Balaban J connectivity index is 2.22.